The molecule has 4 nitrogen and oxygen atoms in total. The monoisotopic (exact) mass is 344 g/mol. The Morgan fingerprint density at radius 2 is 1.39 bits per heavy atom. The molecule has 0 aliphatic heterocycles. The zero-order chi connectivity index (χ0) is 16.2. The molecule has 0 bridgehead atoms. The van der Waals surface area contributed by atoms with Gasteiger partial charge in [-0.3, -0.25) is 0 Å². The van der Waals surface area contributed by atoms with Gasteiger partial charge in [-0.2, -0.15) is 0 Å². The molecular weight excluding hydrogens is 331 g/mol. The van der Waals surface area contributed by atoms with E-state index in [0.29, 0.717) is 27.5 Å². The van der Waals surface area contributed by atoms with Gasteiger partial charge in [-0.25, -0.2) is 9.97 Å². The lowest BCUT2D eigenvalue weighted by Crippen LogP contribution is -2.01. The van der Waals surface area contributed by atoms with Gasteiger partial charge in [0.05, 0.1) is 0 Å². The predicted molar refractivity (Wildman–Crippen MR) is 96.2 cm³/mol. The summed E-state index contributed by atoms with van der Waals surface area (Å²) < 4.78 is 0. The van der Waals surface area contributed by atoms with Gasteiger partial charge in [-0.15, -0.1) is 0 Å². The Morgan fingerprint density at radius 1 is 0.739 bits per heavy atom. The molecule has 0 saturated heterocycles. The average Bonchev–Trinajstić information content (AvgIpc) is 2.49. The normalized spacial score (nSPS) is 10.4. The van der Waals surface area contributed by atoms with E-state index in [1.54, 1.807) is 0 Å². The second-order valence-electron chi connectivity index (χ2n) is 4.95. The van der Waals surface area contributed by atoms with Crippen molar-refractivity contribution in [3.8, 4) is 0 Å². The van der Waals surface area contributed by atoms with E-state index < -0.39 is 0 Å². The van der Waals surface area contributed by atoms with Gasteiger partial charge in [0.2, 0.25) is 0 Å². The maximum Gasteiger partial charge on any atom is 0.136 e. The zero-order valence-electron chi connectivity index (χ0n) is 12.3. The van der Waals surface area contributed by atoms with E-state index in [-0.39, 0.29) is 0 Å². The lowest BCUT2D eigenvalue weighted by Gasteiger charge is -2.10. The number of hydrogen-bond acceptors (Lipinski definition) is 4. The predicted octanol–water partition coefficient (Wildman–Crippen LogP) is 5.58. The summed E-state index contributed by atoms with van der Waals surface area (Å²) in [6.07, 6.45) is 0. The number of nitrogens with zero attached hydrogens (tertiary/aromatic N) is 2. The fraction of sp³-hybridized carbons (Fsp3) is 0.0588. The van der Waals surface area contributed by atoms with Crippen LogP contribution in [0, 0.1) is 6.92 Å². The second-order valence-corrected chi connectivity index (χ2v) is 5.83. The van der Waals surface area contributed by atoms with Crippen molar-refractivity contribution >= 4 is 46.2 Å². The molecule has 3 aromatic rings. The van der Waals surface area contributed by atoms with Crippen LogP contribution < -0.4 is 10.6 Å². The Balaban J connectivity index is 1.82. The lowest BCUT2D eigenvalue weighted by molar-refractivity contribution is 1.06. The highest BCUT2D eigenvalue weighted by Gasteiger charge is 2.04. The Morgan fingerprint density at radius 3 is 2.04 bits per heavy atom. The van der Waals surface area contributed by atoms with E-state index in [1.807, 2.05) is 61.5 Å². The minimum atomic E-state index is 0.661. The molecule has 1 heterocycles. The standard InChI is InChI=1S/C17H14Cl2N4/c1-11-20-16(22-14-7-5-12(18)6-8-14)10-17(21-11)23-15-4-2-3-13(19)9-15/h2-10H,1H3,(H2,20,21,22,23). The molecule has 2 aromatic carbocycles. The Hall–Kier alpha value is -2.30. The molecule has 0 atom stereocenters. The summed E-state index contributed by atoms with van der Waals surface area (Å²) in [6.45, 7) is 1.84. The van der Waals surface area contributed by atoms with Crippen LogP contribution in [-0.2, 0) is 0 Å². The van der Waals surface area contributed by atoms with Gasteiger partial charge in [0.1, 0.15) is 17.5 Å². The highest BCUT2D eigenvalue weighted by Crippen LogP contribution is 2.23. The van der Waals surface area contributed by atoms with E-state index in [4.69, 9.17) is 23.2 Å². The first-order chi connectivity index (χ1) is 11.1. The maximum atomic E-state index is 6.00. The Labute approximate surface area is 144 Å². The molecule has 0 aliphatic rings. The first-order valence-corrected chi connectivity index (χ1v) is 7.75. The number of aryl methyl sites for hydroxylation is 1. The lowest BCUT2D eigenvalue weighted by atomic mass is 10.3. The van der Waals surface area contributed by atoms with Crippen LogP contribution in [0.4, 0.5) is 23.0 Å². The van der Waals surface area contributed by atoms with E-state index in [1.165, 1.54) is 0 Å². The summed E-state index contributed by atoms with van der Waals surface area (Å²) in [5, 5.41) is 7.82. The highest BCUT2D eigenvalue weighted by atomic mass is 35.5. The molecule has 0 radical (unpaired) electrons. The number of nitrogens with one attached hydrogen (secondary N) is 2. The largest absolute Gasteiger partial charge is 0.340 e. The summed E-state index contributed by atoms with van der Waals surface area (Å²) >= 11 is 11.9. The molecule has 3 rings (SSSR count). The Kier molecular flexibility index (Phi) is 4.65. The molecule has 0 amide bonds. The van der Waals surface area contributed by atoms with Crippen LogP contribution in [0.1, 0.15) is 5.82 Å². The quantitative estimate of drug-likeness (QED) is 0.648. The van der Waals surface area contributed by atoms with Gasteiger partial charge in [0.15, 0.2) is 0 Å². The van der Waals surface area contributed by atoms with Crippen molar-refractivity contribution in [3.63, 3.8) is 0 Å². The van der Waals surface area contributed by atoms with Crippen molar-refractivity contribution in [2.45, 2.75) is 6.92 Å². The number of rotatable bonds is 4. The third-order valence-corrected chi connectivity index (χ3v) is 3.54. The van der Waals surface area contributed by atoms with Crippen LogP contribution in [0.2, 0.25) is 10.0 Å². The van der Waals surface area contributed by atoms with Crippen molar-refractivity contribution in [1.29, 1.82) is 0 Å². The third-order valence-electron chi connectivity index (χ3n) is 3.05. The molecule has 0 spiro atoms. The van der Waals surface area contributed by atoms with E-state index in [0.717, 1.165) is 11.4 Å². The first kappa shape index (κ1) is 15.6. The molecule has 1 aromatic heterocycles. The van der Waals surface area contributed by atoms with Gasteiger partial charge >= 0.3 is 0 Å². The summed E-state index contributed by atoms with van der Waals surface area (Å²) in [7, 11) is 0. The van der Waals surface area contributed by atoms with E-state index >= 15 is 0 Å². The zero-order valence-corrected chi connectivity index (χ0v) is 13.9. The van der Waals surface area contributed by atoms with Crippen LogP contribution in [-0.4, -0.2) is 9.97 Å². The number of aromatic nitrogens is 2. The number of hydrogen-bond donors (Lipinski definition) is 2. The van der Waals surface area contributed by atoms with Gasteiger partial charge in [-0.1, -0.05) is 29.3 Å². The van der Waals surface area contributed by atoms with Gasteiger partial charge in [0.25, 0.3) is 0 Å². The highest BCUT2D eigenvalue weighted by molar-refractivity contribution is 6.31. The van der Waals surface area contributed by atoms with Crippen LogP contribution in [0.5, 0.6) is 0 Å². The summed E-state index contributed by atoms with van der Waals surface area (Å²) in [6, 6.07) is 16.7. The van der Waals surface area contributed by atoms with Gasteiger partial charge in [0, 0.05) is 27.5 Å². The second kappa shape index (κ2) is 6.86. The number of benzene rings is 2. The van der Waals surface area contributed by atoms with Crippen LogP contribution >= 0.6 is 23.2 Å². The molecule has 6 heteroatoms. The first-order valence-electron chi connectivity index (χ1n) is 6.99. The van der Waals surface area contributed by atoms with Crippen molar-refractivity contribution in [2.75, 3.05) is 10.6 Å². The van der Waals surface area contributed by atoms with Crippen molar-refractivity contribution < 1.29 is 0 Å². The number of anilines is 4. The molecule has 0 unspecified atom stereocenters. The SMILES string of the molecule is Cc1nc(Nc2ccc(Cl)cc2)cc(Nc2cccc(Cl)c2)n1. The van der Waals surface area contributed by atoms with Crippen molar-refractivity contribution in [3.05, 3.63) is 70.5 Å². The van der Waals surface area contributed by atoms with Gasteiger partial charge < -0.3 is 10.6 Å². The topological polar surface area (TPSA) is 49.8 Å². The molecule has 2 N–H and O–H groups in total. The molecule has 23 heavy (non-hydrogen) atoms. The summed E-state index contributed by atoms with van der Waals surface area (Å²) in [4.78, 5) is 8.78. The minimum Gasteiger partial charge on any atom is -0.340 e. The maximum absolute atomic E-state index is 6.00. The smallest absolute Gasteiger partial charge is 0.136 e. The summed E-state index contributed by atoms with van der Waals surface area (Å²) in [5.74, 6) is 2.05. The van der Waals surface area contributed by atoms with Crippen LogP contribution in [0.15, 0.2) is 54.6 Å². The Bertz CT molecular complexity index is 819. The fourth-order valence-corrected chi connectivity index (χ4v) is 2.41. The van der Waals surface area contributed by atoms with Gasteiger partial charge in [-0.05, 0) is 49.4 Å². The summed E-state index contributed by atoms with van der Waals surface area (Å²) in [5.41, 5.74) is 1.77. The average molecular weight is 345 g/mol. The third kappa shape index (κ3) is 4.34. The fourth-order valence-electron chi connectivity index (χ4n) is 2.09. The van der Waals surface area contributed by atoms with Crippen molar-refractivity contribution in [2.24, 2.45) is 0 Å². The molecule has 116 valence electrons. The number of halogens is 2. The molecule has 0 aliphatic carbocycles. The molecule has 0 fully saturated rings. The molecule has 0 saturated carbocycles. The molecular formula is C17H14Cl2N4. The van der Waals surface area contributed by atoms with E-state index in [2.05, 4.69) is 20.6 Å². The van der Waals surface area contributed by atoms with Crippen molar-refractivity contribution in [1.82, 2.24) is 9.97 Å². The minimum absolute atomic E-state index is 0.661. The van der Waals surface area contributed by atoms with E-state index in [9.17, 15) is 0 Å². The van der Waals surface area contributed by atoms with Crippen LogP contribution in [0.3, 0.4) is 0 Å². The van der Waals surface area contributed by atoms with Crippen LogP contribution in [0.25, 0.3) is 0 Å².